The SMILES string of the molecule is CCOC(=O)c1ccccc1NC(=O)C(C)(C)C(=O)N1CCc2ccccc2C1. The molecule has 1 aliphatic heterocycles. The Labute approximate surface area is 170 Å². The lowest BCUT2D eigenvalue weighted by atomic mass is 9.88. The number of benzene rings is 2. The molecule has 0 aliphatic carbocycles. The van der Waals surface area contributed by atoms with Crippen LogP contribution in [0.15, 0.2) is 48.5 Å². The van der Waals surface area contributed by atoms with Gasteiger partial charge in [0.25, 0.3) is 0 Å². The van der Waals surface area contributed by atoms with Gasteiger partial charge in [-0.1, -0.05) is 36.4 Å². The number of hydrogen-bond donors (Lipinski definition) is 1. The van der Waals surface area contributed by atoms with Crippen molar-refractivity contribution in [2.75, 3.05) is 18.5 Å². The maximum Gasteiger partial charge on any atom is 0.340 e. The maximum absolute atomic E-state index is 13.2. The number of amides is 2. The van der Waals surface area contributed by atoms with E-state index in [0.717, 1.165) is 12.0 Å². The maximum atomic E-state index is 13.2. The molecule has 0 saturated carbocycles. The molecule has 29 heavy (non-hydrogen) atoms. The predicted molar refractivity (Wildman–Crippen MR) is 110 cm³/mol. The standard InChI is InChI=1S/C23H26N2O4/c1-4-29-20(26)18-11-7-8-12-19(18)24-21(27)23(2,3)22(28)25-14-13-16-9-5-6-10-17(16)15-25/h5-12H,4,13-15H2,1-3H3,(H,24,27). The number of nitrogens with zero attached hydrogens (tertiary/aromatic N) is 1. The second-order valence-corrected chi connectivity index (χ2v) is 7.59. The summed E-state index contributed by atoms with van der Waals surface area (Å²) in [6.45, 7) is 6.24. The fourth-order valence-electron chi connectivity index (χ4n) is 3.42. The van der Waals surface area contributed by atoms with Crippen LogP contribution >= 0.6 is 0 Å². The summed E-state index contributed by atoms with van der Waals surface area (Å²) in [5.41, 5.74) is 1.66. The van der Waals surface area contributed by atoms with Crippen LogP contribution in [0.4, 0.5) is 5.69 Å². The van der Waals surface area contributed by atoms with E-state index in [1.165, 1.54) is 5.56 Å². The minimum Gasteiger partial charge on any atom is -0.462 e. The molecule has 2 amide bonds. The quantitative estimate of drug-likeness (QED) is 0.623. The number of nitrogens with one attached hydrogen (secondary N) is 1. The van der Waals surface area contributed by atoms with Crippen LogP contribution in [0, 0.1) is 5.41 Å². The van der Waals surface area contributed by atoms with Crippen molar-refractivity contribution in [1.29, 1.82) is 0 Å². The van der Waals surface area contributed by atoms with Gasteiger partial charge in [0.2, 0.25) is 11.8 Å². The van der Waals surface area contributed by atoms with Gasteiger partial charge in [0, 0.05) is 13.1 Å². The minimum atomic E-state index is -1.28. The summed E-state index contributed by atoms with van der Waals surface area (Å²) in [6, 6.07) is 14.7. The second-order valence-electron chi connectivity index (χ2n) is 7.59. The van der Waals surface area contributed by atoms with E-state index in [2.05, 4.69) is 11.4 Å². The smallest absolute Gasteiger partial charge is 0.340 e. The van der Waals surface area contributed by atoms with Crippen LogP contribution in [-0.2, 0) is 27.3 Å². The Balaban J connectivity index is 1.75. The highest BCUT2D eigenvalue weighted by atomic mass is 16.5. The van der Waals surface area contributed by atoms with Crippen molar-refractivity contribution < 1.29 is 19.1 Å². The Kier molecular flexibility index (Phi) is 6.01. The first-order valence-corrected chi connectivity index (χ1v) is 9.78. The molecule has 1 heterocycles. The number of rotatable bonds is 5. The molecule has 1 aliphatic rings. The fraction of sp³-hybridized carbons (Fsp3) is 0.348. The lowest BCUT2D eigenvalue weighted by Crippen LogP contribution is -2.48. The summed E-state index contributed by atoms with van der Waals surface area (Å²) in [7, 11) is 0. The summed E-state index contributed by atoms with van der Waals surface area (Å²) in [5, 5.41) is 2.74. The van der Waals surface area contributed by atoms with Crippen LogP contribution in [0.1, 0.15) is 42.3 Å². The summed E-state index contributed by atoms with van der Waals surface area (Å²) in [6.07, 6.45) is 0.769. The number of para-hydroxylation sites is 1. The lowest BCUT2D eigenvalue weighted by molar-refractivity contribution is -0.147. The largest absolute Gasteiger partial charge is 0.462 e. The third-order valence-electron chi connectivity index (χ3n) is 5.19. The number of esters is 1. The lowest BCUT2D eigenvalue weighted by Gasteiger charge is -2.34. The molecule has 3 rings (SSSR count). The Morgan fingerprint density at radius 2 is 1.69 bits per heavy atom. The van der Waals surface area contributed by atoms with Crippen molar-refractivity contribution in [3.63, 3.8) is 0 Å². The van der Waals surface area contributed by atoms with E-state index in [9.17, 15) is 14.4 Å². The van der Waals surface area contributed by atoms with Crippen LogP contribution in [-0.4, -0.2) is 35.8 Å². The van der Waals surface area contributed by atoms with Crippen molar-refractivity contribution in [3.05, 3.63) is 65.2 Å². The molecule has 0 radical (unpaired) electrons. The van der Waals surface area contributed by atoms with Gasteiger partial charge in [-0.15, -0.1) is 0 Å². The second kappa shape index (κ2) is 8.47. The van der Waals surface area contributed by atoms with Gasteiger partial charge in [0.1, 0.15) is 5.41 Å². The number of carbonyl (C=O) groups excluding carboxylic acids is 3. The van der Waals surface area contributed by atoms with E-state index < -0.39 is 17.3 Å². The molecule has 0 bridgehead atoms. The third-order valence-corrected chi connectivity index (χ3v) is 5.19. The molecular weight excluding hydrogens is 368 g/mol. The van der Waals surface area contributed by atoms with Crippen LogP contribution in [0.2, 0.25) is 0 Å². The van der Waals surface area contributed by atoms with Crippen LogP contribution in [0.5, 0.6) is 0 Å². The summed E-state index contributed by atoms with van der Waals surface area (Å²) < 4.78 is 5.05. The van der Waals surface area contributed by atoms with Gasteiger partial charge in [-0.05, 0) is 50.5 Å². The van der Waals surface area contributed by atoms with Gasteiger partial charge in [-0.25, -0.2) is 4.79 Å². The number of carbonyl (C=O) groups is 3. The molecule has 0 fully saturated rings. The molecule has 0 saturated heterocycles. The van der Waals surface area contributed by atoms with Gasteiger partial charge in [0.15, 0.2) is 0 Å². The molecule has 6 nitrogen and oxygen atoms in total. The monoisotopic (exact) mass is 394 g/mol. The minimum absolute atomic E-state index is 0.238. The van der Waals surface area contributed by atoms with Crippen molar-refractivity contribution in [2.24, 2.45) is 5.41 Å². The topological polar surface area (TPSA) is 75.7 Å². The first-order valence-electron chi connectivity index (χ1n) is 9.78. The van der Waals surface area contributed by atoms with E-state index >= 15 is 0 Å². The average molecular weight is 394 g/mol. The average Bonchev–Trinajstić information content (AvgIpc) is 2.73. The van der Waals surface area contributed by atoms with E-state index in [-0.39, 0.29) is 18.1 Å². The first kappa shape index (κ1) is 20.6. The predicted octanol–water partition coefficient (Wildman–Crippen LogP) is 3.41. The van der Waals surface area contributed by atoms with Crippen molar-refractivity contribution in [3.8, 4) is 0 Å². The summed E-state index contributed by atoms with van der Waals surface area (Å²) in [4.78, 5) is 40.0. The number of ether oxygens (including phenoxy) is 1. The zero-order valence-electron chi connectivity index (χ0n) is 17.0. The highest BCUT2D eigenvalue weighted by Gasteiger charge is 2.40. The van der Waals surface area contributed by atoms with Crippen LogP contribution < -0.4 is 5.32 Å². The molecule has 0 unspecified atom stereocenters. The van der Waals surface area contributed by atoms with Crippen molar-refractivity contribution in [2.45, 2.75) is 33.7 Å². The molecule has 2 aromatic carbocycles. The number of fused-ring (bicyclic) bond motifs is 1. The normalized spacial score (nSPS) is 13.4. The van der Waals surface area contributed by atoms with Gasteiger partial charge in [0.05, 0.1) is 17.9 Å². The first-order chi connectivity index (χ1) is 13.8. The van der Waals surface area contributed by atoms with Gasteiger partial charge in [-0.3, -0.25) is 9.59 Å². The van der Waals surface area contributed by atoms with Crippen molar-refractivity contribution >= 4 is 23.5 Å². The Morgan fingerprint density at radius 1 is 1.03 bits per heavy atom. The zero-order chi connectivity index (χ0) is 21.0. The third kappa shape index (κ3) is 4.31. The molecule has 0 aromatic heterocycles. The van der Waals surface area contributed by atoms with Crippen LogP contribution in [0.25, 0.3) is 0 Å². The van der Waals surface area contributed by atoms with Crippen LogP contribution in [0.3, 0.4) is 0 Å². The van der Waals surface area contributed by atoms with Gasteiger partial charge >= 0.3 is 5.97 Å². The van der Waals surface area contributed by atoms with E-state index in [4.69, 9.17) is 4.74 Å². The van der Waals surface area contributed by atoms with E-state index in [0.29, 0.717) is 18.8 Å². The Bertz CT molecular complexity index is 936. The Morgan fingerprint density at radius 3 is 2.41 bits per heavy atom. The molecule has 2 aromatic rings. The molecule has 1 N–H and O–H groups in total. The molecular formula is C23H26N2O4. The van der Waals surface area contributed by atoms with E-state index in [1.54, 1.807) is 49.9 Å². The molecule has 152 valence electrons. The number of anilines is 1. The fourth-order valence-corrected chi connectivity index (χ4v) is 3.42. The Hall–Kier alpha value is -3.15. The van der Waals surface area contributed by atoms with Gasteiger partial charge < -0.3 is 15.0 Å². The molecule has 0 spiro atoms. The number of hydrogen-bond acceptors (Lipinski definition) is 4. The molecule has 0 atom stereocenters. The van der Waals surface area contributed by atoms with Crippen molar-refractivity contribution in [1.82, 2.24) is 4.90 Å². The van der Waals surface area contributed by atoms with E-state index in [1.807, 2.05) is 18.2 Å². The summed E-state index contributed by atoms with van der Waals surface area (Å²) >= 11 is 0. The highest BCUT2D eigenvalue weighted by Crippen LogP contribution is 2.27. The van der Waals surface area contributed by atoms with Gasteiger partial charge in [-0.2, -0.15) is 0 Å². The summed E-state index contributed by atoms with van der Waals surface area (Å²) in [5.74, 6) is -1.21. The highest BCUT2D eigenvalue weighted by molar-refractivity contribution is 6.11. The molecule has 6 heteroatoms. The zero-order valence-corrected chi connectivity index (χ0v) is 17.0.